The third-order valence-electron chi connectivity index (χ3n) is 2.32. The molecule has 1 heterocycles. The predicted octanol–water partition coefficient (Wildman–Crippen LogP) is 3.28. The summed E-state index contributed by atoms with van der Waals surface area (Å²) in [6.07, 6.45) is 4.37. The molecule has 0 amide bonds. The molecule has 1 atom stereocenters. The molecule has 1 unspecified atom stereocenters. The number of allylic oxidation sites excluding steroid dienone is 2. The molecule has 3 nitrogen and oxygen atoms in total. The first-order valence-electron chi connectivity index (χ1n) is 5.31. The van der Waals surface area contributed by atoms with Gasteiger partial charge in [0.25, 0.3) is 0 Å². The average Bonchev–Trinajstić information content (AvgIpc) is 2.66. The van der Waals surface area contributed by atoms with E-state index >= 15 is 0 Å². The van der Waals surface area contributed by atoms with Crippen LogP contribution in [0, 0.1) is 0 Å². The highest BCUT2D eigenvalue weighted by Crippen LogP contribution is 2.51. The maximum absolute atomic E-state index is 12.0. The van der Waals surface area contributed by atoms with E-state index < -0.39 is 13.7 Å². The summed E-state index contributed by atoms with van der Waals surface area (Å²) in [5, 5.41) is 0. The minimum atomic E-state index is -2.50. The average molecular weight is 238 g/mol. The molecule has 16 heavy (non-hydrogen) atoms. The van der Waals surface area contributed by atoms with Crippen LogP contribution < -0.4 is 4.74 Å². The second-order valence-corrected chi connectivity index (χ2v) is 6.33. The fourth-order valence-corrected chi connectivity index (χ4v) is 3.46. The van der Waals surface area contributed by atoms with Gasteiger partial charge in [-0.25, -0.2) is 0 Å². The van der Waals surface area contributed by atoms with E-state index in [2.05, 4.69) is 0 Å². The lowest BCUT2D eigenvalue weighted by Gasteiger charge is -2.19. The summed E-state index contributed by atoms with van der Waals surface area (Å²) in [6.45, 7) is 1.77. The monoisotopic (exact) mass is 238 g/mol. The van der Waals surface area contributed by atoms with Crippen molar-refractivity contribution in [2.75, 3.05) is 12.3 Å². The SMILES string of the molecule is CC(Oc1ccccc1)OP1(=O)CC=CC1. The summed E-state index contributed by atoms with van der Waals surface area (Å²) in [7, 11) is -2.50. The maximum atomic E-state index is 12.0. The van der Waals surface area contributed by atoms with Crippen LogP contribution in [0.4, 0.5) is 0 Å². The molecule has 0 fully saturated rings. The molecule has 1 aromatic carbocycles. The zero-order valence-corrected chi connectivity index (χ0v) is 10.1. The Bertz CT molecular complexity index is 402. The zero-order chi connectivity index (χ0) is 11.4. The normalized spacial score (nSPS) is 19.6. The minimum absolute atomic E-state index is 0.479. The van der Waals surface area contributed by atoms with Gasteiger partial charge in [0.15, 0.2) is 0 Å². The van der Waals surface area contributed by atoms with E-state index in [-0.39, 0.29) is 0 Å². The smallest absolute Gasteiger partial charge is 0.213 e. The molecule has 0 bridgehead atoms. The third-order valence-corrected chi connectivity index (χ3v) is 4.54. The standard InChI is InChI=1S/C12H15O3P/c1-11(14-12-7-3-2-4-8-12)15-16(13)9-5-6-10-16/h2-8,11H,9-10H2,1H3. The van der Waals surface area contributed by atoms with E-state index in [0.717, 1.165) is 5.75 Å². The van der Waals surface area contributed by atoms with Crippen molar-refractivity contribution in [1.82, 2.24) is 0 Å². The number of para-hydroxylation sites is 1. The van der Waals surface area contributed by atoms with Crippen molar-refractivity contribution in [1.29, 1.82) is 0 Å². The highest BCUT2D eigenvalue weighted by molar-refractivity contribution is 7.59. The number of hydrogen-bond acceptors (Lipinski definition) is 3. The maximum Gasteiger partial charge on any atom is 0.213 e. The van der Waals surface area contributed by atoms with Crippen LogP contribution in [0.3, 0.4) is 0 Å². The van der Waals surface area contributed by atoms with E-state index in [0.29, 0.717) is 12.3 Å². The van der Waals surface area contributed by atoms with Gasteiger partial charge in [0.2, 0.25) is 13.7 Å². The van der Waals surface area contributed by atoms with Gasteiger partial charge in [-0.1, -0.05) is 30.4 Å². The van der Waals surface area contributed by atoms with Crippen molar-refractivity contribution in [3.05, 3.63) is 42.5 Å². The lowest BCUT2D eigenvalue weighted by Crippen LogP contribution is -2.15. The molecule has 1 aromatic rings. The molecule has 0 saturated heterocycles. The Hall–Kier alpha value is -1.05. The van der Waals surface area contributed by atoms with Crippen molar-refractivity contribution in [2.24, 2.45) is 0 Å². The summed E-state index contributed by atoms with van der Waals surface area (Å²) in [5.41, 5.74) is 0. The van der Waals surface area contributed by atoms with Crippen LogP contribution in [0.15, 0.2) is 42.5 Å². The van der Waals surface area contributed by atoms with Crippen molar-refractivity contribution >= 4 is 7.37 Å². The van der Waals surface area contributed by atoms with E-state index in [9.17, 15) is 4.57 Å². The van der Waals surface area contributed by atoms with E-state index in [4.69, 9.17) is 9.26 Å². The lowest BCUT2D eigenvalue weighted by atomic mass is 10.3. The Balaban J connectivity index is 1.90. The van der Waals surface area contributed by atoms with Crippen molar-refractivity contribution in [3.8, 4) is 5.75 Å². The molecule has 0 aromatic heterocycles. The van der Waals surface area contributed by atoms with Gasteiger partial charge in [0.1, 0.15) is 5.75 Å². The molecule has 1 aliphatic rings. The second kappa shape index (κ2) is 4.86. The highest BCUT2D eigenvalue weighted by Gasteiger charge is 2.27. The lowest BCUT2D eigenvalue weighted by molar-refractivity contribution is 0.0257. The van der Waals surface area contributed by atoms with Gasteiger partial charge in [-0.3, -0.25) is 9.09 Å². The van der Waals surface area contributed by atoms with Gasteiger partial charge in [-0.2, -0.15) is 0 Å². The highest BCUT2D eigenvalue weighted by atomic mass is 31.2. The van der Waals surface area contributed by atoms with Crippen LogP contribution in [0.1, 0.15) is 6.92 Å². The number of hydrogen-bond donors (Lipinski definition) is 0. The summed E-state index contributed by atoms with van der Waals surface area (Å²) < 4.78 is 23.0. The van der Waals surface area contributed by atoms with Crippen LogP contribution in [0.5, 0.6) is 5.75 Å². The molecule has 0 radical (unpaired) electrons. The molecule has 4 heteroatoms. The number of ether oxygens (including phenoxy) is 1. The van der Waals surface area contributed by atoms with Gasteiger partial charge in [0.05, 0.1) is 0 Å². The molecule has 1 aliphatic heterocycles. The van der Waals surface area contributed by atoms with Crippen molar-refractivity contribution in [3.63, 3.8) is 0 Å². The Morgan fingerprint density at radius 3 is 2.44 bits per heavy atom. The van der Waals surface area contributed by atoms with Crippen LogP contribution in [0.2, 0.25) is 0 Å². The van der Waals surface area contributed by atoms with Crippen LogP contribution in [-0.4, -0.2) is 18.6 Å². The Kier molecular flexibility index (Phi) is 3.47. The molecular formula is C12H15O3P. The minimum Gasteiger partial charge on any atom is -0.465 e. The molecule has 0 saturated carbocycles. The van der Waals surface area contributed by atoms with E-state index in [1.54, 1.807) is 6.92 Å². The van der Waals surface area contributed by atoms with Crippen LogP contribution in [0.25, 0.3) is 0 Å². The molecule has 0 aliphatic carbocycles. The van der Waals surface area contributed by atoms with Crippen LogP contribution in [-0.2, 0) is 9.09 Å². The Morgan fingerprint density at radius 1 is 1.19 bits per heavy atom. The number of benzene rings is 1. The van der Waals surface area contributed by atoms with Crippen molar-refractivity contribution < 1.29 is 13.8 Å². The second-order valence-electron chi connectivity index (χ2n) is 3.76. The third kappa shape index (κ3) is 2.97. The number of rotatable bonds is 4. The van der Waals surface area contributed by atoms with Gasteiger partial charge in [0, 0.05) is 12.3 Å². The molecular weight excluding hydrogens is 223 g/mol. The molecule has 86 valence electrons. The fraction of sp³-hybridized carbons (Fsp3) is 0.333. The van der Waals surface area contributed by atoms with Gasteiger partial charge in [-0.05, 0) is 19.1 Å². The predicted molar refractivity (Wildman–Crippen MR) is 64.1 cm³/mol. The Morgan fingerprint density at radius 2 is 1.81 bits per heavy atom. The first kappa shape index (κ1) is 11.4. The summed E-state index contributed by atoms with van der Waals surface area (Å²) in [5.74, 6) is 0.730. The summed E-state index contributed by atoms with van der Waals surface area (Å²) in [6, 6.07) is 9.40. The van der Waals surface area contributed by atoms with E-state index in [1.807, 2.05) is 42.5 Å². The van der Waals surface area contributed by atoms with Gasteiger partial charge in [-0.15, -0.1) is 0 Å². The van der Waals surface area contributed by atoms with Crippen LogP contribution >= 0.6 is 7.37 Å². The summed E-state index contributed by atoms with van der Waals surface area (Å²) in [4.78, 5) is 0. The summed E-state index contributed by atoms with van der Waals surface area (Å²) >= 11 is 0. The molecule has 0 spiro atoms. The first-order chi connectivity index (χ1) is 7.68. The van der Waals surface area contributed by atoms with E-state index in [1.165, 1.54) is 0 Å². The fourth-order valence-electron chi connectivity index (χ4n) is 1.61. The first-order valence-corrected chi connectivity index (χ1v) is 7.31. The molecule has 2 rings (SSSR count). The zero-order valence-electron chi connectivity index (χ0n) is 9.20. The Labute approximate surface area is 95.5 Å². The largest absolute Gasteiger partial charge is 0.465 e. The van der Waals surface area contributed by atoms with Crippen molar-refractivity contribution in [2.45, 2.75) is 13.2 Å². The molecule has 0 N–H and O–H groups in total. The van der Waals surface area contributed by atoms with Gasteiger partial charge >= 0.3 is 0 Å². The van der Waals surface area contributed by atoms with Gasteiger partial charge < -0.3 is 4.74 Å². The quantitative estimate of drug-likeness (QED) is 0.458. The topological polar surface area (TPSA) is 35.5 Å².